The van der Waals surface area contributed by atoms with Crippen LogP contribution in [0.15, 0.2) is 95.6 Å². The molecule has 0 saturated carbocycles. The van der Waals surface area contributed by atoms with Gasteiger partial charge in [-0.05, 0) is 47.9 Å². The molecule has 3 aromatic rings. The molecule has 4 heteroatoms. The predicted octanol–water partition coefficient (Wildman–Crippen LogP) is 5.08. The van der Waals surface area contributed by atoms with Gasteiger partial charge in [0.25, 0.3) is 5.91 Å². The minimum Gasteiger partial charge on any atom is -0.489 e. The highest BCUT2D eigenvalue weighted by atomic mass is 16.5. The number of nitrogens with zero attached hydrogens (tertiary/aromatic N) is 1. The largest absolute Gasteiger partial charge is 0.489 e. The minimum atomic E-state index is -0.251. The maximum absolute atomic E-state index is 12.2. The molecule has 3 aromatic carbocycles. The van der Waals surface area contributed by atoms with Crippen molar-refractivity contribution in [3.8, 4) is 5.75 Å². The number of carbonyl (C=O) groups is 1. The number of para-hydroxylation sites is 1. The fraction of sp³-hybridized carbons (Fsp3) is 0.0833. The molecule has 3 rings (SSSR count). The first kappa shape index (κ1) is 19.1. The van der Waals surface area contributed by atoms with Crippen molar-refractivity contribution in [1.29, 1.82) is 0 Å². The molecule has 140 valence electrons. The Morgan fingerprint density at radius 1 is 0.929 bits per heavy atom. The van der Waals surface area contributed by atoms with E-state index in [9.17, 15) is 4.79 Å². The molecule has 0 aliphatic carbocycles. The van der Waals surface area contributed by atoms with Gasteiger partial charge in [0.1, 0.15) is 12.4 Å². The van der Waals surface area contributed by atoms with Gasteiger partial charge in [0.05, 0.1) is 6.21 Å². The van der Waals surface area contributed by atoms with Crippen LogP contribution < -0.4 is 10.2 Å². The molecule has 0 aromatic heterocycles. The fourth-order valence-electron chi connectivity index (χ4n) is 2.54. The molecule has 0 spiro atoms. The van der Waals surface area contributed by atoms with Crippen molar-refractivity contribution < 1.29 is 9.53 Å². The molecule has 0 saturated heterocycles. The van der Waals surface area contributed by atoms with Crippen molar-refractivity contribution in [3.63, 3.8) is 0 Å². The summed E-state index contributed by atoms with van der Waals surface area (Å²) in [4.78, 5) is 12.2. The molecule has 1 N–H and O–H groups in total. The summed E-state index contributed by atoms with van der Waals surface area (Å²) in [6.45, 7) is 2.39. The van der Waals surface area contributed by atoms with Gasteiger partial charge in [-0.3, -0.25) is 4.79 Å². The van der Waals surface area contributed by atoms with Crippen LogP contribution in [0.4, 0.5) is 0 Å². The van der Waals surface area contributed by atoms with Crippen molar-refractivity contribution >= 4 is 18.2 Å². The van der Waals surface area contributed by atoms with Crippen molar-refractivity contribution in [3.05, 3.63) is 107 Å². The lowest BCUT2D eigenvalue weighted by Crippen LogP contribution is -2.17. The second-order valence-corrected chi connectivity index (χ2v) is 6.30. The molecule has 0 bridgehead atoms. The average Bonchev–Trinajstić information content (AvgIpc) is 2.74. The Balaban J connectivity index is 1.51. The monoisotopic (exact) mass is 370 g/mol. The smallest absolute Gasteiger partial charge is 0.271 e. The zero-order valence-corrected chi connectivity index (χ0v) is 15.7. The van der Waals surface area contributed by atoms with Gasteiger partial charge in [-0.15, -0.1) is 0 Å². The number of hydrazone groups is 1. The summed E-state index contributed by atoms with van der Waals surface area (Å²) in [6, 6.07) is 26.9. The Labute approximate surface area is 165 Å². The lowest BCUT2D eigenvalue weighted by atomic mass is 10.1. The maximum Gasteiger partial charge on any atom is 0.271 e. The molecular weight excluding hydrogens is 348 g/mol. The van der Waals surface area contributed by atoms with Gasteiger partial charge in [-0.2, -0.15) is 5.10 Å². The number of hydrogen-bond acceptors (Lipinski definition) is 3. The topological polar surface area (TPSA) is 50.7 Å². The third kappa shape index (κ3) is 5.95. The van der Waals surface area contributed by atoms with Crippen LogP contribution >= 0.6 is 0 Å². The molecule has 0 atom stereocenters. The quantitative estimate of drug-likeness (QED) is 0.465. The van der Waals surface area contributed by atoms with Crippen LogP contribution in [0.1, 0.15) is 28.4 Å². The number of allylic oxidation sites excluding steroid dienone is 1. The summed E-state index contributed by atoms with van der Waals surface area (Å²) in [5, 5.41) is 4.02. The van der Waals surface area contributed by atoms with Gasteiger partial charge in [0.2, 0.25) is 0 Å². The van der Waals surface area contributed by atoms with Crippen molar-refractivity contribution in [1.82, 2.24) is 5.43 Å². The van der Waals surface area contributed by atoms with E-state index in [2.05, 4.69) is 10.5 Å². The van der Waals surface area contributed by atoms with E-state index in [-0.39, 0.29) is 5.91 Å². The molecular formula is C24H22N2O2. The zero-order chi connectivity index (χ0) is 19.6. The first-order valence-electron chi connectivity index (χ1n) is 9.04. The van der Waals surface area contributed by atoms with Gasteiger partial charge >= 0.3 is 0 Å². The van der Waals surface area contributed by atoms with Crippen molar-refractivity contribution in [2.75, 3.05) is 0 Å². The number of benzene rings is 3. The van der Waals surface area contributed by atoms with Crippen LogP contribution in [0.2, 0.25) is 0 Å². The van der Waals surface area contributed by atoms with E-state index in [0.29, 0.717) is 12.2 Å². The van der Waals surface area contributed by atoms with Crippen LogP contribution in [0.25, 0.3) is 6.08 Å². The molecule has 0 fully saturated rings. The number of carbonyl (C=O) groups excluding carboxylic acids is 1. The first-order valence-corrected chi connectivity index (χ1v) is 9.04. The molecule has 0 radical (unpaired) electrons. The molecule has 0 heterocycles. The van der Waals surface area contributed by atoms with Gasteiger partial charge in [-0.25, -0.2) is 5.43 Å². The van der Waals surface area contributed by atoms with Crippen LogP contribution in [-0.4, -0.2) is 12.1 Å². The van der Waals surface area contributed by atoms with E-state index in [1.165, 1.54) is 0 Å². The van der Waals surface area contributed by atoms with Crippen LogP contribution in [-0.2, 0) is 6.61 Å². The highest BCUT2D eigenvalue weighted by Crippen LogP contribution is 2.12. The second kappa shape index (κ2) is 9.88. The summed E-state index contributed by atoms with van der Waals surface area (Å²) in [5.74, 6) is 0.567. The number of hydrogen-bond donors (Lipinski definition) is 1. The summed E-state index contributed by atoms with van der Waals surface area (Å²) < 4.78 is 5.70. The molecule has 0 unspecified atom stereocenters. The Hall–Kier alpha value is -3.66. The fourth-order valence-corrected chi connectivity index (χ4v) is 2.54. The van der Waals surface area contributed by atoms with E-state index in [1.807, 2.05) is 85.8 Å². The molecule has 0 aliphatic rings. The van der Waals surface area contributed by atoms with E-state index < -0.39 is 0 Å². The number of ether oxygens (including phenoxy) is 1. The number of nitrogens with one attached hydrogen (secondary N) is 1. The normalized spacial score (nSPS) is 11.4. The van der Waals surface area contributed by atoms with Crippen LogP contribution in [0.5, 0.6) is 5.75 Å². The van der Waals surface area contributed by atoms with Crippen molar-refractivity contribution in [2.45, 2.75) is 13.5 Å². The summed E-state index contributed by atoms with van der Waals surface area (Å²) in [6.07, 6.45) is 3.63. The van der Waals surface area contributed by atoms with Crippen LogP contribution in [0, 0.1) is 0 Å². The van der Waals surface area contributed by atoms with Crippen LogP contribution in [0.3, 0.4) is 0 Å². The van der Waals surface area contributed by atoms with Gasteiger partial charge in [-0.1, -0.05) is 66.7 Å². The Morgan fingerprint density at radius 3 is 2.25 bits per heavy atom. The third-order valence-corrected chi connectivity index (χ3v) is 3.99. The lowest BCUT2D eigenvalue weighted by Gasteiger charge is -2.06. The van der Waals surface area contributed by atoms with Gasteiger partial charge in [0, 0.05) is 5.56 Å². The number of amides is 1. The van der Waals surface area contributed by atoms with Crippen molar-refractivity contribution in [2.24, 2.45) is 5.10 Å². The average molecular weight is 370 g/mol. The van der Waals surface area contributed by atoms with Gasteiger partial charge in [0.15, 0.2) is 0 Å². The second-order valence-electron chi connectivity index (χ2n) is 6.30. The molecule has 1 amide bonds. The van der Waals surface area contributed by atoms with E-state index >= 15 is 0 Å². The SMILES string of the molecule is CC(C=NNC(=O)c1ccc(COc2ccccc2)cc1)=Cc1ccccc1. The zero-order valence-electron chi connectivity index (χ0n) is 15.7. The number of rotatable bonds is 7. The molecule has 0 aliphatic heterocycles. The molecule has 28 heavy (non-hydrogen) atoms. The predicted molar refractivity (Wildman–Crippen MR) is 113 cm³/mol. The maximum atomic E-state index is 12.2. The van der Waals surface area contributed by atoms with E-state index in [1.54, 1.807) is 18.3 Å². The first-order chi connectivity index (χ1) is 13.7. The van der Waals surface area contributed by atoms with E-state index in [0.717, 1.165) is 22.4 Å². The highest BCUT2D eigenvalue weighted by molar-refractivity contribution is 5.95. The summed E-state index contributed by atoms with van der Waals surface area (Å²) >= 11 is 0. The highest BCUT2D eigenvalue weighted by Gasteiger charge is 2.04. The summed E-state index contributed by atoms with van der Waals surface area (Å²) in [5.41, 5.74) is 6.12. The van der Waals surface area contributed by atoms with Gasteiger partial charge < -0.3 is 4.74 Å². The standard InChI is InChI=1S/C24H22N2O2/c1-19(16-20-8-4-2-5-9-20)17-25-26-24(27)22-14-12-21(13-15-22)18-28-23-10-6-3-7-11-23/h2-17H,18H2,1H3,(H,26,27). The summed E-state index contributed by atoms with van der Waals surface area (Å²) in [7, 11) is 0. The van der Waals surface area contributed by atoms with E-state index in [4.69, 9.17) is 4.74 Å². The Kier molecular flexibility index (Phi) is 6.74. The Morgan fingerprint density at radius 2 is 1.57 bits per heavy atom. The lowest BCUT2D eigenvalue weighted by molar-refractivity contribution is 0.0955. The Bertz CT molecular complexity index is 947. The third-order valence-electron chi connectivity index (χ3n) is 3.99. The molecule has 4 nitrogen and oxygen atoms in total. The minimum absolute atomic E-state index is 0.251.